The quantitative estimate of drug-likeness (QED) is 0.505. The first kappa shape index (κ1) is 22.2. The van der Waals surface area contributed by atoms with Crippen molar-refractivity contribution in [3.8, 4) is 0 Å². The van der Waals surface area contributed by atoms with Gasteiger partial charge in [0.05, 0.1) is 0 Å². The van der Waals surface area contributed by atoms with Gasteiger partial charge < -0.3 is 30.0 Å². The summed E-state index contributed by atoms with van der Waals surface area (Å²) in [6, 6.07) is 7.18. The normalized spacial score (nSPS) is 26.1. The molecule has 0 aromatic heterocycles. The second kappa shape index (κ2) is 9.37. The van der Waals surface area contributed by atoms with E-state index in [0.29, 0.717) is 5.69 Å². The van der Waals surface area contributed by atoms with Gasteiger partial charge in [-0.3, -0.25) is 19.2 Å². The summed E-state index contributed by atoms with van der Waals surface area (Å²) in [4.78, 5) is 46.9. The lowest BCUT2D eigenvalue weighted by Crippen LogP contribution is -2.65. The molecule has 1 aromatic carbocycles. The molecule has 10 heteroatoms. The van der Waals surface area contributed by atoms with Gasteiger partial charge in [0.15, 0.2) is 30.6 Å². The van der Waals surface area contributed by atoms with E-state index >= 15 is 0 Å². The SMILES string of the molecule is CC(=O)O[C@@H]1[C@@H](OC(C)=O)[C@H](Nc2ccc(C)cc2)O[C@H](C(N)=O)[C@H]1OC(C)=O. The van der Waals surface area contributed by atoms with Gasteiger partial charge >= 0.3 is 17.9 Å². The van der Waals surface area contributed by atoms with Crippen LogP contribution in [0.1, 0.15) is 26.3 Å². The van der Waals surface area contributed by atoms with Crippen LogP contribution in [0.25, 0.3) is 0 Å². The van der Waals surface area contributed by atoms with Crippen molar-refractivity contribution >= 4 is 29.5 Å². The molecule has 1 saturated heterocycles. The average molecular weight is 408 g/mol. The van der Waals surface area contributed by atoms with Gasteiger partial charge in [0, 0.05) is 26.5 Å². The second-order valence-corrected chi connectivity index (χ2v) is 6.61. The third-order valence-corrected chi connectivity index (χ3v) is 4.08. The average Bonchev–Trinajstić information content (AvgIpc) is 2.60. The number of ether oxygens (including phenoxy) is 4. The van der Waals surface area contributed by atoms with Gasteiger partial charge in [0.1, 0.15) is 0 Å². The number of anilines is 1. The Hall–Kier alpha value is -3.14. The summed E-state index contributed by atoms with van der Waals surface area (Å²) in [7, 11) is 0. The van der Waals surface area contributed by atoms with E-state index in [1.807, 2.05) is 19.1 Å². The lowest BCUT2D eigenvalue weighted by atomic mass is 9.96. The zero-order valence-electron chi connectivity index (χ0n) is 16.5. The summed E-state index contributed by atoms with van der Waals surface area (Å²) in [5, 5.41) is 2.99. The van der Waals surface area contributed by atoms with E-state index in [1.165, 1.54) is 0 Å². The predicted molar refractivity (Wildman–Crippen MR) is 99.3 cm³/mol. The van der Waals surface area contributed by atoms with Crippen LogP contribution in [0.5, 0.6) is 0 Å². The van der Waals surface area contributed by atoms with Gasteiger partial charge in [-0.2, -0.15) is 0 Å². The maximum atomic E-state index is 12.0. The van der Waals surface area contributed by atoms with Gasteiger partial charge in [-0.1, -0.05) is 17.7 Å². The van der Waals surface area contributed by atoms with Gasteiger partial charge in [-0.05, 0) is 19.1 Å². The molecule has 1 aromatic rings. The smallest absolute Gasteiger partial charge is 0.303 e. The first-order valence-corrected chi connectivity index (χ1v) is 8.88. The molecule has 0 radical (unpaired) electrons. The van der Waals surface area contributed by atoms with Crippen molar-refractivity contribution in [2.24, 2.45) is 5.73 Å². The number of nitrogens with one attached hydrogen (secondary N) is 1. The van der Waals surface area contributed by atoms with Crippen LogP contribution in [0, 0.1) is 6.92 Å². The first-order chi connectivity index (χ1) is 13.6. The highest BCUT2D eigenvalue weighted by Crippen LogP contribution is 2.29. The molecule has 0 aliphatic carbocycles. The van der Waals surface area contributed by atoms with E-state index in [4.69, 9.17) is 24.7 Å². The van der Waals surface area contributed by atoms with Crippen LogP contribution in [0.4, 0.5) is 5.69 Å². The molecular weight excluding hydrogens is 384 g/mol. The minimum atomic E-state index is -1.45. The maximum Gasteiger partial charge on any atom is 0.303 e. The number of benzene rings is 1. The summed E-state index contributed by atoms with van der Waals surface area (Å²) in [5.74, 6) is -3.12. The molecule has 1 amide bonds. The van der Waals surface area contributed by atoms with Crippen molar-refractivity contribution in [2.45, 2.75) is 58.3 Å². The molecule has 158 valence electrons. The van der Waals surface area contributed by atoms with E-state index < -0.39 is 54.5 Å². The largest absolute Gasteiger partial charge is 0.455 e. The summed E-state index contributed by atoms with van der Waals surface area (Å²) >= 11 is 0. The van der Waals surface area contributed by atoms with Crippen LogP contribution in [0.15, 0.2) is 24.3 Å². The molecule has 0 spiro atoms. The number of carbonyl (C=O) groups is 4. The standard InChI is InChI=1S/C19H24N2O8/c1-9-5-7-13(8-6-9)21-19-17(28-12(4)24)15(27-11(3)23)14(26-10(2)22)16(29-19)18(20)25/h5-8,14-17,19,21H,1-4H3,(H2,20,25)/t14-,15-,16-,17+,19+/m0/s1. The Balaban J connectivity index is 2.45. The number of primary amides is 1. The monoisotopic (exact) mass is 408 g/mol. The Morgan fingerprint density at radius 1 is 0.862 bits per heavy atom. The van der Waals surface area contributed by atoms with Crippen LogP contribution in [-0.4, -0.2) is 54.5 Å². The van der Waals surface area contributed by atoms with Crippen LogP contribution >= 0.6 is 0 Å². The Labute approximate surface area is 167 Å². The number of hydrogen-bond acceptors (Lipinski definition) is 9. The van der Waals surface area contributed by atoms with Crippen molar-refractivity contribution in [3.63, 3.8) is 0 Å². The summed E-state index contributed by atoms with van der Waals surface area (Å²) in [5.41, 5.74) is 7.02. The Morgan fingerprint density at radius 2 is 1.34 bits per heavy atom. The Bertz CT molecular complexity index is 779. The van der Waals surface area contributed by atoms with Crippen LogP contribution in [0.3, 0.4) is 0 Å². The number of esters is 3. The molecule has 0 saturated carbocycles. The number of amides is 1. The third kappa shape index (κ3) is 5.92. The first-order valence-electron chi connectivity index (χ1n) is 8.88. The van der Waals surface area contributed by atoms with Crippen LogP contribution < -0.4 is 11.1 Å². The minimum Gasteiger partial charge on any atom is -0.455 e. The highest BCUT2D eigenvalue weighted by Gasteiger charge is 2.53. The lowest BCUT2D eigenvalue weighted by molar-refractivity contribution is -0.238. The van der Waals surface area contributed by atoms with Gasteiger partial charge in [-0.15, -0.1) is 0 Å². The molecule has 1 fully saturated rings. The fourth-order valence-corrected chi connectivity index (χ4v) is 2.97. The van der Waals surface area contributed by atoms with E-state index in [2.05, 4.69) is 5.32 Å². The van der Waals surface area contributed by atoms with Gasteiger partial charge in [0.25, 0.3) is 5.91 Å². The Morgan fingerprint density at radius 3 is 1.83 bits per heavy atom. The van der Waals surface area contributed by atoms with Crippen molar-refractivity contribution in [2.75, 3.05) is 5.32 Å². The predicted octanol–water partition coefficient (Wildman–Crippen LogP) is 0.412. The van der Waals surface area contributed by atoms with E-state index in [-0.39, 0.29) is 0 Å². The molecule has 10 nitrogen and oxygen atoms in total. The number of nitrogens with two attached hydrogens (primary N) is 1. The van der Waals surface area contributed by atoms with Gasteiger partial charge in [0.2, 0.25) is 0 Å². The molecule has 2 rings (SSSR count). The van der Waals surface area contributed by atoms with E-state index in [0.717, 1.165) is 26.3 Å². The number of carbonyl (C=O) groups excluding carboxylic acids is 4. The third-order valence-electron chi connectivity index (χ3n) is 4.08. The van der Waals surface area contributed by atoms with Crippen LogP contribution in [-0.2, 0) is 38.1 Å². The van der Waals surface area contributed by atoms with Crippen molar-refractivity contribution in [3.05, 3.63) is 29.8 Å². The molecule has 0 bridgehead atoms. The summed E-state index contributed by atoms with van der Waals surface area (Å²) < 4.78 is 21.4. The van der Waals surface area contributed by atoms with Crippen molar-refractivity contribution < 1.29 is 38.1 Å². The van der Waals surface area contributed by atoms with E-state index in [9.17, 15) is 19.2 Å². The van der Waals surface area contributed by atoms with Crippen molar-refractivity contribution in [1.82, 2.24) is 0 Å². The molecule has 0 unspecified atom stereocenters. The zero-order chi connectivity index (χ0) is 21.7. The number of aryl methyl sites for hydroxylation is 1. The number of rotatable bonds is 6. The molecule has 1 heterocycles. The molecule has 1 aliphatic rings. The summed E-state index contributed by atoms with van der Waals surface area (Å²) in [6.07, 6.45) is -6.50. The molecule has 1 aliphatic heterocycles. The zero-order valence-corrected chi connectivity index (χ0v) is 16.5. The lowest BCUT2D eigenvalue weighted by Gasteiger charge is -2.43. The molecular formula is C19H24N2O8. The fraction of sp³-hybridized carbons (Fsp3) is 0.474. The minimum absolute atomic E-state index is 0.591. The molecule has 29 heavy (non-hydrogen) atoms. The second-order valence-electron chi connectivity index (χ2n) is 6.61. The van der Waals surface area contributed by atoms with E-state index in [1.54, 1.807) is 12.1 Å². The highest BCUT2D eigenvalue weighted by molar-refractivity contribution is 5.81. The molecule has 3 N–H and O–H groups in total. The number of hydrogen-bond donors (Lipinski definition) is 2. The Kier molecular flexibility index (Phi) is 7.16. The highest BCUT2D eigenvalue weighted by atomic mass is 16.7. The topological polar surface area (TPSA) is 143 Å². The van der Waals surface area contributed by atoms with Crippen LogP contribution in [0.2, 0.25) is 0 Å². The van der Waals surface area contributed by atoms with Crippen molar-refractivity contribution in [1.29, 1.82) is 0 Å². The maximum absolute atomic E-state index is 12.0. The van der Waals surface area contributed by atoms with Gasteiger partial charge in [-0.25, -0.2) is 0 Å². The fourth-order valence-electron chi connectivity index (χ4n) is 2.97. The summed E-state index contributed by atoms with van der Waals surface area (Å²) in [6.45, 7) is 5.31. The molecule has 5 atom stereocenters.